The van der Waals surface area contributed by atoms with Gasteiger partial charge >= 0.3 is 11.9 Å². The van der Waals surface area contributed by atoms with E-state index in [2.05, 4.69) is 41.5 Å². The van der Waals surface area contributed by atoms with E-state index in [0.717, 1.165) is 12.0 Å². The summed E-state index contributed by atoms with van der Waals surface area (Å²) >= 11 is 0. The molecule has 0 aliphatic heterocycles. The van der Waals surface area contributed by atoms with E-state index in [1.807, 2.05) is 24.6 Å². The van der Waals surface area contributed by atoms with Gasteiger partial charge in [0.25, 0.3) is 0 Å². The zero-order valence-electron chi connectivity index (χ0n) is 16.6. The van der Waals surface area contributed by atoms with Crippen LogP contribution in [0.3, 0.4) is 0 Å². The van der Waals surface area contributed by atoms with Gasteiger partial charge in [-0.25, -0.2) is 4.98 Å². The molecule has 0 radical (unpaired) electrons. The third-order valence-electron chi connectivity index (χ3n) is 4.60. The quantitative estimate of drug-likeness (QED) is 0.547. The smallest absolute Gasteiger partial charge is 0.321 e. The van der Waals surface area contributed by atoms with Crippen LogP contribution in [0, 0.1) is 5.92 Å². The molecule has 3 N–H and O–H groups in total. The molecule has 1 aromatic carbocycles. The molecule has 152 valence electrons. The molecule has 2 atom stereocenters. The van der Waals surface area contributed by atoms with Crippen LogP contribution in [0.15, 0.2) is 36.8 Å². The van der Waals surface area contributed by atoms with E-state index in [-0.39, 0.29) is 12.3 Å². The molecule has 0 bridgehead atoms. The fraction of sp³-hybridized carbons (Fsp3) is 0.476. The maximum absolute atomic E-state index is 11.6. The topological polar surface area (TPSA) is 104 Å². The van der Waals surface area contributed by atoms with Gasteiger partial charge in [-0.15, -0.1) is 0 Å². The minimum Gasteiger partial charge on any atom is -0.480 e. The number of benzene rings is 1. The molecule has 2 rings (SSSR count). The number of aryl methyl sites for hydroxylation is 1. The lowest BCUT2D eigenvalue weighted by Crippen LogP contribution is -2.48. The summed E-state index contributed by atoms with van der Waals surface area (Å²) in [7, 11) is 0. The molecule has 2 unspecified atom stereocenters. The second kappa shape index (κ2) is 10.0. The van der Waals surface area contributed by atoms with Crippen molar-refractivity contribution < 1.29 is 19.8 Å². The highest BCUT2D eigenvalue weighted by Gasteiger charge is 2.27. The first-order valence-corrected chi connectivity index (χ1v) is 9.58. The number of aromatic nitrogens is 2. The maximum Gasteiger partial charge on any atom is 0.321 e. The zero-order valence-corrected chi connectivity index (χ0v) is 16.6. The van der Waals surface area contributed by atoms with Crippen molar-refractivity contribution in [2.24, 2.45) is 5.92 Å². The van der Waals surface area contributed by atoms with Crippen molar-refractivity contribution in [3.63, 3.8) is 0 Å². The molecule has 0 amide bonds. The SMILES string of the molecule is CCc1ccc(Cn2cnc(CC(NC(CC(C)C)C(=O)O)C(=O)O)c2)cc1. The van der Waals surface area contributed by atoms with Crippen molar-refractivity contribution in [3.05, 3.63) is 53.6 Å². The standard InChI is InChI=1S/C21H29N3O4/c1-4-15-5-7-16(8-6-15)11-24-12-17(22-13-24)10-19(21(27)28)23-18(20(25)26)9-14(2)3/h5-8,12-14,18-19,23H,4,9-11H2,1-3H3,(H,25,26)(H,27,28). The molecule has 0 spiro atoms. The van der Waals surface area contributed by atoms with Crippen molar-refractivity contribution in [1.82, 2.24) is 14.9 Å². The Labute approximate surface area is 165 Å². The number of imidazole rings is 1. The second-order valence-electron chi connectivity index (χ2n) is 7.49. The number of hydrogen-bond donors (Lipinski definition) is 3. The summed E-state index contributed by atoms with van der Waals surface area (Å²) in [6.07, 6.45) is 4.96. The highest BCUT2D eigenvalue weighted by atomic mass is 16.4. The van der Waals surface area contributed by atoms with E-state index in [1.165, 1.54) is 5.56 Å². The van der Waals surface area contributed by atoms with Gasteiger partial charge < -0.3 is 14.8 Å². The molecule has 0 fully saturated rings. The normalized spacial score (nSPS) is 13.4. The van der Waals surface area contributed by atoms with Crippen LogP contribution in [0.25, 0.3) is 0 Å². The zero-order chi connectivity index (χ0) is 20.7. The minimum atomic E-state index is -1.08. The van der Waals surface area contributed by atoms with E-state index in [0.29, 0.717) is 18.7 Å². The Kier molecular flexibility index (Phi) is 7.75. The summed E-state index contributed by atoms with van der Waals surface area (Å²) in [6.45, 7) is 6.57. The number of hydrogen-bond acceptors (Lipinski definition) is 4. The van der Waals surface area contributed by atoms with E-state index in [9.17, 15) is 19.8 Å². The van der Waals surface area contributed by atoms with Crippen LogP contribution >= 0.6 is 0 Å². The van der Waals surface area contributed by atoms with Gasteiger partial charge in [0.2, 0.25) is 0 Å². The van der Waals surface area contributed by atoms with Gasteiger partial charge in [-0.1, -0.05) is 45.0 Å². The molecule has 0 saturated carbocycles. The highest BCUT2D eigenvalue weighted by Crippen LogP contribution is 2.11. The van der Waals surface area contributed by atoms with Gasteiger partial charge in [0, 0.05) is 19.2 Å². The Morgan fingerprint density at radius 3 is 2.21 bits per heavy atom. The lowest BCUT2D eigenvalue weighted by molar-refractivity contribution is -0.142. The number of carboxylic acid groups (broad SMARTS) is 2. The summed E-state index contributed by atoms with van der Waals surface area (Å²) in [5, 5.41) is 21.6. The summed E-state index contributed by atoms with van der Waals surface area (Å²) in [5.41, 5.74) is 3.02. The van der Waals surface area contributed by atoms with E-state index >= 15 is 0 Å². The lowest BCUT2D eigenvalue weighted by Gasteiger charge is -2.21. The molecule has 0 aliphatic rings. The van der Waals surface area contributed by atoms with E-state index in [4.69, 9.17) is 0 Å². The number of aliphatic carboxylic acids is 2. The monoisotopic (exact) mass is 387 g/mol. The first-order valence-electron chi connectivity index (χ1n) is 9.58. The first-order chi connectivity index (χ1) is 13.3. The molecule has 7 nitrogen and oxygen atoms in total. The maximum atomic E-state index is 11.6. The molecule has 28 heavy (non-hydrogen) atoms. The Morgan fingerprint density at radius 1 is 1.07 bits per heavy atom. The fourth-order valence-corrected chi connectivity index (χ4v) is 3.07. The van der Waals surface area contributed by atoms with Crippen LogP contribution in [-0.4, -0.2) is 43.8 Å². The molecule has 2 aromatic rings. The van der Waals surface area contributed by atoms with Crippen LogP contribution in [-0.2, 0) is 29.0 Å². The minimum absolute atomic E-state index is 0.124. The molecule has 1 aromatic heterocycles. The molecule has 0 saturated heterocycles. The third kappa shape index (κ3) is 6.49. The first kappa shape index (κ1) is 21.6. The van der Waals surface area contributed by atoms with Crippen molar-refractivity contribution in [1.29, 1.82) is 0 Å². The van der Waals surface area contributed by atoms with Crippen LogP contribution in [0.4, 0.5) is 0 Å². The molecule has 0 aliphatic carbocycles. The molecule has 1 heterocycles. The van der Waals surface area contributed by atoms with Gasteiger partial charge in [0.1, 0.15) is 12.1 Å². The largest absolute Gasteiger partial charge is 0.480 e. The van der Waals surface area contributed by atoms with Gasteiger partial charge in [-0.2, -0.15) is 0 Å². The third-order valence-corrected chi connectivity index (χ3v) is 4.60. The van der Waals surface area contributed by atoms with Gasteiger partial charge in [-0.3, -0.25) is 14.9 Å². The van der Waals surface area contributed by atoms with E-state index < -0.39 is 24.0 Å². The summed E-state index contributed by atoms with van der Waals surface area (Å²) in [5.74, 6) is -1.98. The lowest BCUT2D eigenvalue weighted by atomic mass is 10.0. The van der Waals surface area contributed by atoms with Crippen LogP contribution < -0.4 is 5.32 Å². The Hall–Kier alpha value is -2.67. The van der Waals surface area contributed by atoms with Crippen molar-refractivity contribution in [2.75, 3.05) is 0 Å². The highest BCUT2D eigenvalue weighted by molar-refractivity contribution is 5.77. The second-order valence-corrected chi connectivity index (χ2v) is 7.49. The molecule has 7 heteroatoms. The van der Waals surface area contributed by atoms with Gasteiger partial charge in [0.15, 0.2) is 0 Å². The Bertz CT molecular complexity index is 783. The van der Waals surface area contributed by atoms with Crippen LogP contribution in [0.1, 0.15) is 44.0 Å². The number of nitrogens with zero attached hydrogens (tertiary/aromatic N) is 2. The number of carboxylic acids is 2. The van der Waals surface area contributed by atoms with Gasteiger partial charge in [-0.05, 0) is 29.9 Å². The van der Waals surface area contributed by atoms with Gasteiger partial charge in [0.05, 0.1) is 12.0 Å². The predicted molar refractivity (Wildman–Crippen MR) is 106 cm³/mol. The van der Waals surface area contributed by atoms with Crippen molar-refractivity contribution >= 4 is 11.9 Å². The van der Waals surface area contributed by atoms with Crippen LogP contribution in [0.5, 0.6) is 0 Å². The summed E-state index contributed by atoms with van der Waals surface area (Å²) in [6, 6.07) is 6.43. The average molecular weight is 387 g/mol. The number of carbonyl (C=O) groups is 2. The van der Waals surface area contributed by atoms with Crippen molar-refractivity contribution in [2.45, 2.75) is 58.7 Å². The van der Waals surface area contributed by atoms with Crippen molar-refractivity contribution in [3.8, 4) is 0 Å². The predicted octanol–water partition coefficient (Wildman–Crippen LogP) is 2.58. The average Bonchev–Trinajstić information content (AvgIpc) is 3.07. The fourth-order valence-electron chi connectivity index (χ4n) is 3.07. The Morgan fingerprint density at radius 2 is 1.68 bits per heavy atom. The number of rotatable bonds is 11. The molecular weight excluding hydrogens is 358 g/mol. The number of nitrogens with one attached hydrogen (secondary N) is 1. The van der Waals surface area contributed by atoms with Crippen LogP contribution in [0.2, 0.25) is 0 Å². The molecular formula is C21H29N3O4. The van der Waals surface area contributed by atoms with E-state index in [1.54, 1.807) is 6.33 Å². The Balaban J connectivity index is 2.03. The summed E-state index contributed by atoms with van der Waals surface area (Å²) in [4.78, 5) is 27.3. The summed E-state index contributed by atoms with van der Waals surface area (Å²) < 4.78 is 1.90.